The van der Waals surface area contributed by atoms with Crippen molar-refractivity contribution in [2.45, 2.75) is 12.5 Å². The molecule has 2 heterocycles. The highest BCUT2D eigenvalue weighted by molar-refractivity contribution is 7.91. The van der Waals surface area contributed by atoms with Crippen molar-refractivity contribution in [3.8, 4) is 11.3 Å². The molecule has 1 saturated heterocycles. The summed E-state index contributed by atoms with van der Waals surface area (Å²) in [5, 5.41) is 3.26. The fraction of sp³-hybridized carbons (Fsp3) is 0.308. The maximum Gasteiger partial charge on any atom is 0.181 e. The Balaban J connectivity index is 1.77. The van der Waals surface area contributed by atoms with Gasteiger partial charge in [0.15, 0.2) is 22.0 Å². The van der Waals surface area contributed by atoms with Crippen LogP contribution in [0, 0.1) is 0 Å². The third-order valence-electron chi connectivity index (χ3n) is 3.18. The molecule has 1 fully saturated rings. The third kappa shape index (κ3) is 2.78. The molecule has 0 radical (unpaired) electrons. The Morgan fingerprint density at radius 2 is 2.26 bits per heavy atom. The van der Waals surface area contributed by atoms with E-state index in [4.69, 9.17) is 4.42 Å². The van der Waals surface area contributed by atoms with Crippen LogP contribution in [0.1, 0.15) is 6.42 Å². The van der Waals surface area contributed by atoms with Crippen LogP contribution in [-0.4, -0.2) is 30.9 Å². The lowest BCUT2D eigenvalue weighted by Crippen LogP contribution is -2.20. The zero-order valence-corrected chi connectivity index (χ0v) is 11.1. The molecule has 1 aromatic carbocycles. The van der Waals surface area contributed by atoms with Crippen molar-refractivity contribution in [1.82, 2.24) is 4.98 Å². The number of nitrogens with zero attached hydrogens (tertiary/aromatic N) is 1. The zero-order valence-electron chi connectivity index (χ0n) is 10.2. The molecule has 19 heavy (non-hydrogen) atoms. The van der Waals surface area contributed by atoms with Gasteiger partial charge in [0.1, 0.15) is 0 Å². The molecule has 6 heteroatoms. The molecule has 3 rings (SSSR count). The number of rotatable bonds is 3. The van der Waals surface area contributed by atoms with Gasteiger partial charge in [-0.3, -0.25) is 0 Å². The number of hydrogen-bond donors (Lipinski definition) is 1. The van der Waals surface area contributed by atoms with Crippen LogP contribution in [0.25, 0.3) is 11.3 Å². The molecular weight excluding hydrogens is 264 g/mol. The van der Waals surface area contributed by atoms with Gasteiger partial charge in [-0.15, -0.1) is 0 Å². The van der Waals surface area contributed by atoms with Crippen LogP contribution in [0.5, 0.6) is 0 Å². The minimum Gasteiger partial charge on any atom is -0.444 e. The zero-order chi connectivity index (χ0) is 13.3. The van der Waals surface area contributed by atoms with E-state index in [2.05, 4.69) is 10.3 Å². The minimum absolute atomic E-state index is 0.00465. The molecule has 1 atom stereocenters. The Bertz CT molecular complexity index is 665. The molecule has 0 bridgehead atoms. The highest BCUT2D eigenvalue weighted by Crippen LogP contribution is 2.24. The topological polar surface area (TPSA) is 72.2 Å². The van der Waals surface area contributed by atoms with E-state index in [-0.39, 0.29) is 17.5 Å². The van der Waals surface area contributed by atoms with Crippen LogP contribution in [-0.2, 0) is 9.84 Å². The van der Waals surface area contributed by atoms with E-state index in [0.29, 0.717) is 12.2 Å². The molecule has 5 nitrogen and oxygen atoms in total. The summed E-state index contributed by atoms with van der Waals surface area (Å²) in [6.45, 7) is 0. The largest absolute Gasteiger partial charge is 0.444 e. The van der Waals surface area contributed by atoms with E-state index < -0.39 is 9.84 Å². The lowest BCUT2D eigenvalue weighted by Gasteiger charge is -2.12. The first kappa shape index (κ1) is 12.2. The van der Waals surface area contributed by atoms with Crippen molar-refractivity contribution in [1.29, 1.82) is 0 Å². The summed E-state index contributed by atoms with van der Waals surface area (Å²) >= 11 is 0. The van der Waals surface area contributed by atoms with Crippen LogP contribution >= 0.6 is 0 Å². The standard InChI is InChI=1S/C13H14N2O3S/c16-19(17)5-4-12(8-19)15-11-3-1-2-10(6-11)13-7-14-9-18-13/h1-3,6-7,9,12,15H,4-5,8H2. The lowest BCUT2D eigenvalue weighted by molar-refractivity contribution is 0.572. The summed E-state index contributed by atoms with van der Waals surface area (Å²) in [6.07, 6.45) is 3.70. The number of hydrogen-bond acceptors (Lipinski definition) is 5. The van der Waals surface area contributed by atoms with Gasteiger partial charge in [0, 0.05) is 17.3 Å². The maximum absolute atomic E-state index is 11.4. The summed E-state index contributed by atoms with van der Waals surface area (Å²) in [5.74, 6) is 1.18. The maximum atomic E-state index is 11.4. The molecule has 1 aromatic heterocycles. The predicted octanol–water partition coefficient (Wildman–Crippen LogP) is 1.94. The molecule has 1 unspecified atom stereocenters. The van der Waals surface area contributed by atoms with Gasteiger partial charge < -0.3 is 9.73 Å². The Hall–Kier alpha value is -1.82. The second-order valence-corrected chi connectivity index (χ2v) is 6.92. The first-order valence-corrected chi connectivity index (χ1v) is 7.90. The fourth-order valence-corrected chi connectivity index (χ4v) is 3.94. The molecule has 0 aliphatic carbocycles. The molecule has 1 aliphatic heterocycles. The van der Waals surface area contributed by atoms with Gasteiger partial charge in [-0.2, -0.15) is 0 Å². The molecule has 1 aliphatic rings. The summed E-state index contributed by atoms with van der Waals surface area (Å²) in [5.41, 5.74) is 1.82. The number of aromatic nitrogens is 1. The summed E-state index contributed by atoms with van der Waals surface area (Å²) < 4.78 is 28.1. The Morgan fingerprint density at radius 1 is 1.37 bits per heavy atom. The number of sulfone groups is 1. The second-order valence-electron chi connectivity index (χ2n) is 4.69. The summed E-state index contributed by atoms with van der Waals surface area (Å²) in [4.78, 5) is 3.88. The fourth-order valence-electron chi connectivity index (χ4n) is 2.27. The third-order valence-corrected chi connectivity index (χ3v) is 4.95. The van der Waals surface area contributed by atoms with Gasteiger partial charge in [0.05, 0.1) is 17.7 Å². The Labute approximate surface area is 111 Å². The van der Waals surface area contributed by atoms with E-state index in [1.807, 2.05) is 24.3 Å². The van der Waals surface area contributed by atoms with Crippen molar-refractivity contribution in [2.75, 3.05) is 16.8 Å². The molecule has 0 amide bonds. The Morgan fingerprint density at radius 3 is 2.95 bits per heavy atom. The average Bonchev–Trinajstić information content (AvgIpc) is 2.99. The molecule has 100 valence electrons. The van der Waals surface area contributed by atoms with E-state index in [1.165, 1.54) is 6.39 Å². The van der Waals surface area contributed by atoms with E-state index in [0.717, 1.165) is 11.3 Å². The van der Waals surface area contributed by atoms with Gasteiger partial charge in [-0.05, 0) is 18.6 Å². The van der Waals surface area contributed by atoms with Crippen molar-refractivity contribution in [3.63, 3.8) is 0 Å². The molecular formula is C13H14N2O3S. The summed E-state index contributed by atoms with van der Waals surface area (Å²) in [6, 6.07) is 7.69. The van der Waals surface area contributed by atoms with Gasteiger partial charge in [0.2, 0.25) is 0 Å². The van der Waals surface area contributed by atoms with E-state index in [9.17, 15) is 8.42 Å². The highest BCUT2D eigenvalue weighted by Gasteiger charge is 2.27. The van der Waals surface area contributed by atoms with Gasteiger partial charge in [-0.25, -0.2) is 13.4 Å². The number of oxazole rings is 1. The van der Waals surface area contributed by atoms with Crippen LogP contribution in [0.15, 0.2) is 41.3 Å². The van der Waals surface area contributed by atoms with E-state index in [1.54, 1.807) is 6.20 Å². The number of anilines is 1. The molecule has 1 N–H and O–H groups in total. The molecule has 0 spiro atoms. The smallest absolute Gasteiger partial charge is 0.181 e. The second kappa shape index (κ2) is 4.70. The predicted molar refractivity (Wildman–Crippen MR) is 72.6 cm³/mol. The van der Waals surface area contributed by atoms with Crippen LogP contribution in [0.2, 0.25) is 0 Å². The van der Waals surface area contributed by atoms with Crippen molar-refractivity contribution in [2.24, 2.45) is 0 Å². The average molecular weight is 278 g/mol. The number of benzene rings is 1. The first-order valence-electron chi connectivity index (χ1n) is 6.08. The van der Waals surface area contributed by atoms with Crippen molar-refractivity contribution in [3.05, 3.63) is 36.9 Å². The van der Waals surface area contributed by atoms with Crippen LogP contribution in [0.3, 0.4) is 0 Å². The normalized spacial score (nSPS) is 21.4. The highest BCUT2D eigenvalue weighted by atomic mass is 32.2. The van der Waals surface area contributed by atoms with Gasteiger partial charge >= 0.3 is 0 Å². The minimum atomic E-state index is -2.86. The Kier molecular flexibility index (Phi) is 3.02. The van der Waals surface area contributed by atoms with Gasteiger partial charge in [-0.1, -0.05) is 12.1 Å². The molecule has 0 saturated carbocycles. The van der Waals surface area contributed by atoms with Crippen molar-refractivity contribution >= 4 is 15.5 Å². The van der Waals surface area contributed by atoms with Crippen molar-refractivity contribution < 1.29 is 12.8 Å². The lowest BCUT2D eigenvalue weighted by atomic mass is 10.1. The van der Waals surface area contributed by atoms with Crippen LogP contribution in [0.4, 0.5) is 5.69 Å². The van der Waals surface area contributed by atoms with E-state index >= 15 is 0 Å². The summed E-state index contributed by atoms with van der Waals surface area (Å²) in [7, 11) is -2.86. The quantitative estimate of drug-likeness (QED) is 0.929. The molecule has 2 aromatic rings. The monoisotopic (exact) mass is 278 g/mol. The number of nitrogens with one attached hydrogen (secondary N) is 1. The van der Waals surface area contributed by atoms with Crippen LogP contribution < -0.4 is 5.32 Å². The van der Waals surface area contributed by atoms with Gasteiger partial charge in [0.25, 0.3) is 0 Å². The SMILES string of the molecule is O=S1(=O)CCC(Nc2cccc(-c3cnco3)c2)C1. The first-order chi connectivity index (χ1) is 9.12.